The number of allylic oxidation sites excluding steroid dienone is 1. The minimum Gasteiger partial charge on any atom is -0.497 e. The highest BCUT2D eigenvalue weighted by atomic mass is 32.2. The van der Waals surface area contributed by atoms with E-state index in [1.165, 1.54) is 38.5 Å². The molecule has 3 atom stereocenters. The van der Waals surface area contributed by atoms with Crippen molar-refractivity contribution in [3.63, 3.8) is 0 Å². The zero-order valence-electron chi connectivity index (χ0n) is 23.9. The van der Waals surface area contributed by atoms with Crippen molar-refractivity contribution in [2.75, 3.05) is 26.6 Å². The molecule has 14 nitrogen and oxygen atoms in total. The summed E-state index contributed by atoms with van der Waals surface area (Å²) in [6.45, 7) is 2.40. The molecule has 1 fully saturated rings. The van der Waals surface area contributed by atoms with Gasteiger partial charge in [0.05, 0.1) is 25.6 Å². The number of hydrogen-bond donors (Lipinski definition) is 1. The molecule has 2 aromatic carbocycles. The Bertz CT molecular complexity index is 1420. The van der Waals surface area contributed by atoms with E-state index in [1.807, 2.05) is 0 Å². The largest absolute Gasteiger partial charge is 0.497 e. The molecule has 1 saturated heterocycles. The Morgan fingerprint density at radius 2 is 1.65 bits per heavy atom. The number of nitrogens with one attached hydrogen (secondary N) is 1. The number of hydrogen-bond acceptors (Lipinski definition) is 11. The van der Waals surface area contributed by atoms with Gasteiger partial charge < -0.3 is 24.3 Å². The number of non-ortho nitro benzene ring substituents is 1. The third-order valence-corrected chi connectivity index (χ3v) is 7.85. The molecule has 230 valence electrons. The molecule has 0 bridgehead atoms. The summed E-state index contributed by atoms with van der Waals surface area (Å²) in [5, 5.41) is 12.2. The van der Waals surface area contributed by atoms with E-state index in [-0.39, 0.29) is 30.2 Å². The van der Waals surface area contributed by atoms with Gasteiger partial charge in [0.25, 0.3) is 17.5 Å². The Morgan fingerprint density at radius 1 is 1.02 bits per heavy atom. The number of rotatable bonds is 14. The Hall–Kier alpha value is -4.79. The molecular weight excluding hydrogens is 586 g/mol. The molecule has 1 aliphatic rings. The van der Waals surface area contributed by atoms with Crippen molar-refractivity contribution in [1.29, 1.82) is 0 Å². The van der Waals surface area contributed by atoms with E-state index in [2.05, 4.69) is 10.1 Å². The summed E-state index contributed by atoms with van der Waals surface area (Å²) in [6.07, 6.45) is -0.225. The second-order valence-corrected chi connectivity index (χ2v) is 11.0. The predicted molar refractivity (Wildman–Crippen MR) is 152 cm³/mol. The maximum Gasteiger partial charge on any atom is 0.355 e. The standard InChI is InChI=1S/C28H31N3O11S/c1-17(2)25(28(35)42-15-18-5-7-19(8-6-18)31(36)37)30-26(34)24(27(30)43(38)14-13-23(33)40-4)29-22(32)16-41-21-11-9-20(39-3)10-12-21/h5-12,24,27H,13-16H2,1-4H3,(H,29,32). The van der Waals surface area contributed by atoms with Gasteiger partial charge >= 0.3 is 11.9 Å². The van der Waals surface area contributed by atoms with Crippen LogP contribution in [0.5, 0.6) is 11.5 Å². The molecule has 0 aromatic heterocycles. The number of amides is 2. The fourth-order valence-corrected chi connectivity index (χ4v) is 5.56. The van der Waals surface area contributed by atoms with Crippen LogP contribution in [0.4, 0.5) is 5.69 Å². The quantitative estimate of drug-likeness (QED) is 0.108. The third-order valence-electron chi connectivity index (χ3n) is 6.22. The van der Waals surface area contributed by atoms with Gasteiger partial charge in [0.1, 0.15) is 35.2 Å². The van der Waals surface area contributed by atoms with E-state index in [1.54, 1.807) is 38.1 Å². The predicted octanol–water partition coefficient (Wildman–Crippen LogP) is 1.98. The van der Waals surface area contributed by atoms with Gasteiger partial charge in [-0.25, -0.2) is 4.79 Å². The van der Waals surface area contributed by atoms with Crippen LogP contribution in [-0.2, 0) is 46.1 Å². The maximum absolute atomic E-state index is 13.3. The highest BCUT2D eigenvalue weighted by Crippen LogP contribution is 2.31. The van der Waals surface area contributed by atoms with Gasteiger partial charge in [-0.3, -0.25) is 33.6 Å². The van der Waals surface area contributed by atoms with E-state index >= 15 is 0 Å². The number of ether oxygens (including phenoxy) is 4. The van der Waals surface area contributed by atoms with Crippen LogP contribution in [0.3, 0.4) is 0 Å². The van der Waals surface area contributed by atoms with Crippen molar-refractivity contribution in [2.45, 2.75) is 38.3 Å². The van der Waals surface area contributed by atoms with Crippen molar-refractivity contribution in [2.24, 2.45) is 0 Å². The number of β-lactam (4-membered cyclic amide) rings is 1. The molecule has 0 saturated carbocycles. The highest BCUT2D eigenvalue weighted by Gasteiger charge is 2.54. The van der Waals surface area contributed by atoms with E-state index < -0.39 is 57.5 Å². The SMILES string of the molecule is COC(=O)CCS(=O)C1C(NC(=O)COc2ccc(OC)cc2)C(=O)N1C(C(=O)OCc1ccc([N+](=O)[O-])cc1)=C(C)C. The van der Waals surface area contributed by atoms with Crippen molar-refractivity contribution in [1.82, 2.24) is 10.2 Å². The molecule has 2 aromatic rings. The van der Waals surface area contributed by atoms with E-state index in [9.17, 15) is 33.5 Å². The molecule has 1 N–H and O–H groups in total. The van der Waals surface area contributed by atoms with Gasteiger partial charge in [0.15, 0.2) is 6.61 Å². The summed E-state index contributed by atoms with van der Waals surface area (Å²) < 4.78 is 33.8. The molecule has 0 aliphatic carbocycles. The molecule has 0 radical (unpaired) electrons. The first-order valence-corrected chi connectivity index (χ1v) is 14.3. The van der Waals surface area contributed by atoms with Gasteiger partial charge in [-0.1, -0.05) is 0 Å². The lowest BCUT2D eigenvalue weighted by atomic mass is 10.0. The number of carbonyl (C=O) groups excluding carboxylic acids is 4. The second-order valence-electron chi connectivity index (χ2n) is 9.37. The lowest BCUT2D eigenvalue weighted by Gasteiger charge is -2.46. The first-order valence-electron chi connectivity index (χ1n) is 12.9. The first kappa shape index (κ1) is 32.7. The van der Waals surface area contributed by atoms with Gasteiger partial charge in [-0.05, 0) is 61.4 Å². The Labute approximate surface area is 249 Å². The minimum atomic E-state index is -1.91. The van der Waals surface area contributed by atoms with E-state index in [0.29, 0.717) is 22.6 Å². The summed E-state index contributed by atoms with van der Waals surface area (Å²) in [5.41, 5.74) is 0.515. The molecular formula is C28H31N3O11S. The Morgan fingerprint density at radius 3 is 2.21 bits per heavy atom. The van der Waals surface area contributed by atoms with Gasteiger partial charge in [0, 0.05) is 28.7 Å². The monoisotopic (exact) mass is 617 g/mol. The number of carbonyl (C=O) groups is 4. The lowest BCUT2D eigenvalue weighted by Crippen LogP contribution is -2.72. The zero-order valence-corrected chi connectivity index (χ0v) is 24.7. The minimum absolute atomic E-state index is 0.133. The molecule has 1 heterocycles. The highest BCUT2D eigenvalue weighted by molar-refractivity contribution is 7.85. The number of nitro benzene ring substituents is 1. The van der Waals surface area contributed by atoms with Gasteiger partial charge in [-0.15, -0.1) is 0 Å². The van der Waals surface area contributed by atoms with E-state index in [4.69, 9.17) is 14.2 Å². The normalized spacial score (nSPS) is 16.3. The molecule has 2 amide bonds. The molecule has 3 unspecified atom stereocenters. The summed E-state index contributed by atoms with van der Waals surface area (Å²) in [5.74, 6) is -2.16. The van der Waals surface area contributed by atoms with Crippen LogP contribution in [-0.4, -0.2) is 75.8 Å². The van der Waals surface area contributed by atoms with Crippen molar-refractivity contribution < 1.29 is 47.3 Å². The van der Waals surface area contributed by atoms with Gasteiger partial charge in [-0.2, -0.15) is 0 Å². The van der Waals surface area contributed by atoms with Crippen LogP contribution in [0.1, 0.15) is 25.8 Å². The van der Waals surface area contributed by atoms with Crippen molar-refractivity contribution in [3.05, 3.63) is 75.5 Å². The Balaban J connectivity index is 1.74. The summed E-state index contributed by atoms with van der Waals surface area (Å²) >= 11 is 0. The zero-order chi connectivity index (χ0) is 31.7. The topological polar surface area (TPSA) is 181 Å². The fourth-order valence-electron chi connectivity index (χ4n) is 4.02. The van der Waals surface area contributed by atoms with Crippen LogP contribution in [0.25, 0.3) is 0 Å². The van der Waals surface area contributed by atoms with Crippen molar-refractivity contribution in [3.8, 4) is 11.5 Å². The second kappa shape index (κ2) is 14.9. The number of likely N-dealkylation sites (tertiary alicyclic amines) is 1. The van der Waals surface area contributed by atoms with Crippen LogP contribution < -0.4 is 14.8 Å². The van der Waals surface area contributed by atoms with Crippen LogP contribution >= 0.6 is 0 Å². The molecule has 3 rings (SSSR count). The number of nitrogens with zero attached hydrogens (tertiary/aromatic N) is 2. The average molecular weight is 618 g/mol. The summed E-state index contributed by atoms with van der Waals surface area (Å²) in [7, 11) is 0.773. The third kappa shape index (κ3) is 8.38. The van der Waals surface area contributed by atoms with Gasteiger partial charge in [0.2, 0.25) is 0 Å². The van der Waals surface area contributed by atoms with Crippen molar-refractivity contribution >= 4 is 40.2 Å². The number of methoxy groups -OCH3 is 2. The average Bonchev–Trinajstić information content (AvgIpc) is 3.00. The van der Waals surface area contributed by atoms with Crippen LogP contribution in [0.2, 0.25) is 0 Å². The molecule has 0 spiro atoms. The smallest absolute Gasteiger partial charge is 0.355 e. The molecule has 15 heteroatoms. The fraction of sp³-hybridized carbons (Fsp3) is 0.357. The number of nitro groups is 1. The van der Waals surface area contributed by atoms with Crippen LogP contribution in [0.15, 0.2) is 59.8 Å². The van der Waals surface area contributed by atoms with Crippen LogP contribution in [0, 0.1) is 10.1 Å². The molecule has 1 aliphatic heterocycles. The van der Waals surface area contributed by atoms with E-state index in [0.717, 1.165) is 4.90 Å². The summed E-state index contributed by atoms with van der Waals surface area (Å²) in [4.78, 5) is 62.1. The molecule has 43 heavy (non-hydrogen) atoms. The first-order chi connectivity index (χ1) is 20.5. The lowest BCUT2D eigenvalue weighted by molar-refractivity contribution is -0.384. The maximum atomic E-state index is 13.3. The Kier molecular flexibility index (Phi) is 11.3. The summed E-state index contributed by atoms with van der Waals surface area (Å²) in [6, 6.07) is 10.6. The number of esters is 2. The number of benzene rings is 2.